The molecule has 0 bridgehead atoms. The van der Waals surface area contributed by atoms with E-state index in [1.54, 1.807) is 24.3 Å². The van der Waals surface area contributed by atoms with E-state index in [0.717, 1.165) is 37.6 Å². The molecule has 0 unspecified atom stereocenters. The fourth-order valence-electron chi connectivity index (χ4n) is 2.73. The van der Waals surface area contributed by atoms with E-state index in [2.05, 4.69) is 28.2 Å². The van der Waals surface area contributed by atoms with Crippen LogP contribution in [0.3, 0.4) is 0 Å². The number of anilines is 2. The van der Waals surface area contributed by atoms with E-state index in [4.69, 9.17) is 11.6 Å². The molecule has 2 aromatic carbocycles. The van der Waals surface area contributed by atoms with Crippen LogP contribution in [0.25, 0.3) is 0 Å². The molecule has 0 aliphatic carbocycles. The third-order valence-corrected chi connectivity index (χ3v) is 4.32. The number of halogens is 1. The van der Waals surface area contributed by atoms with Gasteiger partial charge in [-0.1, -0.05) is 29.8 Å². The quantitative estimate of drug-likeness (QED) is 0.938. The molecule has 120 valence electrons. The van der Waals surface area contributed by atoms with Crippen LogP contribution in [0, 0.1) is 0 Å². The molecule has 0 radical (unpaired) electrons. The number of carbonyl (C=O) groups is 1. The minimum atomic E-state index is -0.144. The Hall–Kier alpha value is -2.04. The van der Waals surface area contributed by atoms with Crippen LogP contribution in [-0.4, -0.2) is 44.0 Å². The number of rotatable bonds is 3. The highest BCUT2D eigenvalue weighted by Gasteiger charge is 2.18. The van der Waals surface area contributed by atoms with Gasteiger partial charge in [0.15, 0.2) is 0 Å². The second kappa shape index (κ2) is 7.02. The van der Waals surface area contributed by atoms with Crippen LogP contribution in [-0.2, 0) is 0 Å². The molecule has 0 spiro atoms. The molecule has 4 nitrogen and oxygen atoms in total. The zero-order valence-corrected chi connectivity index (χ0v) is 13.9. The summed E-state index contributed by atoms with van der Waals surface area (Å²) >= 11 is 5.97. The van der Waals surface area contributed by atoms with Crippen molar-refractivity contribution in [2.45, 2.75) is 0 Å². The van der Waals surface area contributed by atoms with Crippen molar-refractivity contribution in [3.8, 4) is 0 Å². The lowest BCUT2D eigenvalue weighted by Gasteiger charge is -2.35. The first kappa shape index (κ1) is 15.8. The average molecular weight is 330 g/mol. The standard InChI is InChI=1S/C18H20ClN3O/c1-21-9-11-22(12-10-21)17-8-3-2-7-16(17)20-18(23)14-5-4-6-15(19)13-14/h2-8,13H,9-12H2,1H3,(H,20,23). The SMILES string of the molecule is CN1CCN(c2ccccc2NC(=O)c2cccc(Cl)c2)CC1. The fraction of sp³-hybridized carbons (Fsp3) is 0.278. The summed E-state index contributed by atoms with van der Waals surface area (Å²) in [6.45, 7) is 3.97. The van der Waals surface area contributed by atoms with Crippen LogP contribution >= 0.6 is 11.6 Å². The van der Waals surface area contributed by atoms with Gasteiger partial charge in [-0.3, -0.25) is 4.79 Å². The number of nitrogens with one attached hydrogen (secondary N) is 1. The molecule has 2 aromatic rings. The molecule has 3 rings (SSSR count). The van der Waals surface area contributed by atoms with E-state index in [1.165, 1.54) is 0 Å². The van der Waals surface area contributed by atoms with Gasteiger partial charge in [-0.25, -0.2) is 0 Å². The third-order valence-electron chi connectivity index (χ3n) is 4.08. The van der Waals surface area contributed by atoms with Gasteiger partial charge in [0.1, 0.15) is 0 Å². The van der Waals surface area contributed by atoms with E-state index in [1.807, 2.05) is 18.2 Å². The highest BCUT2D eigenvalue weighted by Crippen LogP contribution is 2.27. The van der Waals surface area contributed by atoms with Crippen molar-refractivity contribution in [2.24, 2.45) is 0 Å². The highest BCUT2D eigenvalue weighted by atomic mass is 35.5. The first-order chi connectivity index (χ1) is 11.1. The van der Waals surface area contributed by atoms with Gasteiger partial charge < -0.3 is 15.1 Å². The van der Waals surface area contributed by atoms with Crippen LogP contribution < -0.4 is 10.2 Å². The lowest BCUT2D eigenvalue weighted by molar-refractivity contribution is 0.102. The molecule has 1 saturated heterocycles. The minimum Gasteiger partial charge on any atom is -0.367 e. The number of likely N-dealkylation sites (N-methyl/N-ethyl adjacent to an activating group) is 1. The van der Waals surface area contributed by atoms with E-state index in [-0.39, 0.29) is 5.91 Å². The molecule has 0 atom stereocenters. The van der Waals surface area contributed by atoms with Gasteiger partial charge in [0.2, 0.25) is 0 Å². The summed E-state index contributed by atoms with van der Waals surface area (Å²) < 4.78 is 0. The first-order valence-corrected chi connectivity index (χ1v) is 8.11. The van der Waals surface area contributed by atoms with Crippen LogP contribution in [0.2, 0.25) is 5.02 Å². The van der Waals surface area contributed by atoms with Crippen molar-refractivity contribution in [3.05, 3.63) is 59.1 Å². The predicted octanol–water partition coefficient (Wildman–Crippen LogP) is 3.34. The zero-order chi connectivity index (χ0) is 16.2. The van der Waals surface area contributed by atoms with Gasteiger partial charge in [-0.15, -0.1) is 0 Å². The van der Waals surface area contributed by atoms with Crippen LogP contribution in [0.5, 0.6) is 0 Å². The molecule has 0 saturated carbocycles. The molecule has 1 N–H and O–H groups in total. The van der Waals surface area contributed by atoms with Crippen molar-refractivity contribution in [1.29, 1.82) is 0 Å². The maximum atomic E-state index is 12.5. The summed E-state index contributed by atoms with van der Waals surface area (Å²) in [6, 6.07) is 14.9. The first-order valence-electron chi connectivity index (χ1n) is 7.73. The fourth-order valence-corrected chi connectivity index (χ4v) is 2.92. The van der Waals surface area contributed by atoms with E-state index in [9.17, 15) is 4.79 Å². The van der Waals surface area contributed by atoms with Crippen LogP contribution in [0.4, 0.5) is 11.4 Å². The number of carbonyl (C=O) groups excluding carboxylic acids is 1. The third kappa shape index (κ3) is 3.84. The molecule has 23 heavy (non-hydrogen) atoms. The molecule has 1 aliphatic rings. The summed E-state index contributed by atoms with van der Waals surface area (Å²) in [5, 5.41) is 3.57. The maximum Gasteiger partial charge on any atom is 0.255 e. The number of piperazine rings is 1. The van der Waals surface area contributed by atoms with Gasteiger partial charge >= 0.3 is 0 Å². The number of para-hydroxylation sites is 2. The zero-order valence-electron chi connectivity index (χ0n) is 13.1. The predicted molar refractivity (Wildman–Crippen MR) is 95.6 cm³/mol. The second-order valence-electron chi connectivity index (χ2n) is 5.77. The van der Waals surface area contributed by atoms with Crippen molar-refractivity contribution >= 4 is 28.9 Å². The van der Waals surface area contributed by atoms with Gasteiger partial charge in [-0.2, -0.15) is 0 Å². The molecule has 1 amide bonds. The Labute approximate surface area is 141 Å². The van der Waals surface area contributed by atoms with E-state index >= 15 is 0 Å². The normalized spacial score (nSPS) is 15.5. The summed E-state index contributed by atoms with van der Waals surface area (Å²) in [7, 11) is 2.13. The monoisotopic (exact) mass is 329 g/mol. The molecular formula is C18H20ClN3O. The Morgan fingerprint density at radius 1 is 1.04 bits per heavy atom. The Kier molecular flexibility index (Phi) is 4.84. The van der Waals surface area contributed by atoms with E-state index in [0.29, 0.717) is 10.6 Å². The molecule has 1 heterocycles. The highest BCUT2D eigenvalue weighted by molar-refractivity contribution is 6.31. The minimum absolute atomic E-state index is 0.144. The Bertz CT molecular complexity index is 696. The smallest absolute Gasteiger partial charge is 0.255 e. The summed E-state index contributed by atoms with van der Waals surface area (Å²) in [5.41, 5.74) is 2.46. The van der Waals surface area contributed by atoms with Crippen LogP contribution in [0.15, 0.2) is 48.5 Å². The largest absolute Gasteiger partial charge is 0.367 e. The number of nitrogens with zero attached hydrogens (tertiary/aromatic N) is 2. The van der Waals surface area contributed by atoms with Crippen LogP contribution in [0.1, 0.15) is 10.4 Å². The molecular weight excluding hydrogens is 310 g/mol. The summed E-state index contributed by atoms with van der Waals surface area (Å²) in [5.74, 6) is -0.144. The van der Waals surface area contributed by atoms with Gasteiger partial charge in [0, 0.05) is 36.8 Å². The number of amides is 1. The molecule has 0 aromatic heterocycles. The maximum absolute atomic E-state index is 12.5. The van der Waals surface area contributed by atoms with Gasteiger partial charge in [0.25, 0.3) is 5.91 Å². The summed E-state index contributed by atoms with van der Waals surface area (Å²) in [6.07, 6.45) is 0. The molecule has 5 heteroatoms. The molecule has 1 aliphatic heterocycles. The second-order valence-corrected chi connectivity index (χ2v) is 6.21. The average Bonchev–Trinajstić information content (AvgIpc) is 2.56. The van der Waals surface area contributed by atoms with Crippen molar-refractivity contribution in [2.75, 3.05) is 43.4 Å². The Balaban J connectivity index is 1.79. The van der Waals surface area contributed by atoms with Crippen molar-refractivity contribution in [3.63, 3.8) is 0 Å². The van der Waals surface area contributed by atoms with E-state index < -0.39 is 0 Å². The Morgan fingerprint density at radius 3 is 2.52 bits per heavy atom. The Morgan fingerprint density at radius 2 is 1.78 bits per heavy atom. The van der Waals surface area contributed by atoms with Crippen molar-refractivity contribution < 1.29 is 4.79 Å². The number of hydrogen-bond donors (Lipinski definition) is 1. The lowest BCUT2D eigenvalue weighted by Crippen LogP contribution is -2.44. The summed E-state index contributed by atoms with van der Waals surface area (Å²) in [4.78, 5) is 17.1. The van der Waals surface area contributed by atoms with Gasteiger partial charge in [-0.05, 0) is 37.4 Å². The number of benzene rings is 2. The number of hydrogen-bond acceptors (Lipinski definition) is 3. The van der Waals surface area contributed by atoms with Crippen molar-refractivity contribution in [1.82, 2.24) is 4.90 Å². The van der Waals surface area contributed by atoms with Gasteiger partial charge in [0.05, 0.1) is 11.4 Å². The lowest BCUT2D eigenvalue weighted by atomic mass is 10.2. The molecule has 1 fully saturated rings. The topological polar surface area (TPSA) is 35.6 Å².